The van der Waals surface area contributed by atoms with Crippen LogP contribution in [-0.4, -0.2) is 64.0 Å². The van der Waals surface area contributed by atoms with Crippen molar-refractivity contribution in [2.24, 2.45) is 0 Å². The molecular weight excluding hydrogens is 555 g/mol. The van der Waals surface area contributed by atoms with Crippen LogP contribution in [0.25, 0.3) is 11.2 Å². The van der Waals surface area contributed by atoms with Crippen molar-refractivity contribution in [1.29, 1.82) is 0 Å². The summed E-state index contributed by atoms with van der Waals surface area (Å²) in [7, 11) is -3.72. The van der Waals surface area contributed by atoms with E-state index in [2.05, 4.69) is 20.3 Å². The smallest absolute Gasteiger partial charge is 0.281 e. The van der Waals surface area contributed by atoms with Gasteiger partial charge in [0, 0.05) is 35.1 Å². The number of fused-ring (bicyclic) bond motifs is 2. The number of hydrogen-bond acceptors (Lipinski definition) is 8. The van der Waals surface area contributed by atoms with Crippen molar-refractivity contribution in [3.8, 4) is 11.5 Å². The second-order valence-electron chi connectivity index (χ2n) is 9.09. The lowest BCUT2D eigenvalue weighted by molar-refractivity contribution is 0.171. The predicted octanol–water partition coefficient (Wildman–Crippen LogP) is 3.21. The summed E-state index contributed by atoms with van der Waals surface area (Å²) in [6.45, 7) is 1.62. The minimum atomic E-state index is -3.72. The predicted molar refractivity (Wildman–Crippen MR) is 140 cm³/mol. The summed E-state index contributed by atoms with van der Waals surface area (Å²) >= 11 is 12.3. The largest absolute Gasteiger partial charge is 0.486 e. The quantitative estimate of drug-likeness (QED) is 0.383. The fourth-order valence-electron chi connectivity index (χ4n) is 4.70. The highest BCUT2D eigenvalue weighted by Crippen LogP contribution is 2.35. The molecule has 0 unspecified atom stereocenters. The fourth-order valence-corrected chi connectivity index (χ4v) is 6.65. The Morgan fingerprint density at radius 2 is 1.79 bits per heavy atom. The summed E-state index contributed by atoms with van der Waals surface area (Å²) in [5.74, 6) is 1.30. The van der Waals surface area contributed by atoms with Gasteiger partial charge in [0.15, 0.2) is 22.7 Å². The molecule has 0 atom stereocenters. The number of hydrogen-bond donors (Lipinski definition) is 1. The van der Waals surface area contributed by atoms with E-state index in [1.807, 2.05) is 0 Å². The van der Waals surface area contributed by atoms with Crippen LogP contribution in [0.15, 0.2) is 46.1 Å². The third-order valence-corrected chi connectivity index (χ3v) is 9.20. The van der Waals surface area contributed by atoms with Crippen LogP contribution in [0, 0.1) is 0 Å². The van der Waals surface area contributed by atoms with Gasteiger partial charge in [-0.05, 0) is 42.7 Å². The number of aromatic amines is 1. The van der Waals surface area contributed by atoms with Crippen molar-refractivity contribution < 1.29 is 17.9 Å². The number of aromatic nitrogens is 5. The van der Waals surface area contributed by atoms with E-state index in [9.17, 15) is 13.2 Å². The van der Waals surface area contributed by atoms with Crippen LogP contribution in [-0.2, 0) is 16.6 Å². The summed E-state index contributed by atoms with van der Waals surface area (Å²) in [6.07, 6.45) is 0.978. The molecule has 2 aromatic carbocycles. The maximum absolute atomic E-state index is 13.3. The number of H-pyrrole nitrogens is 1. The van der Waals surface area contributed by atoms with E-state index in [4.69, 9.17) is 32.7 Å². The molecule has 0 aliphatic carbocycles. The van der Waals surface area contributed by atoms with Crippen LogP contribution < -0.4 is 15.0 Å². The van der Waals surface area contributed by atoms with Gasteiger partial charge in [0.25, 0.3) is 5.56 Å². The Kier molecular flexibility index (Phi) is 6.50. The van der Waals surface area contributed by atoms with Gasteiger partial charge in [-0.3, -0.25) is 4.79 Å². The zero-order valence-electron chi connectivity index (χ0n) is 19.9. The van der Waals surface area contributed by atoms with Crippen LogP contribution in [0.5, 0.6) is 11.5 Å². The number of ether oxygens (including phenoxy) is 2. The van der Waals surface area contributed by atoms with Gasteiger partial charge in [-0.15, -0.1) is 5.10 Å². The van der Waals surface area contributed by atoms with Crippen LogP contribution in [0.2, 0.25) is 10.0 Å². The first-order valence-electron chi connectivity index (χ1n) is 12.0. The maximum Gasteiger partial charge on any atom is 0.281 e. The van der Waals surface area contributed by atoms with E-state index in [1.54, 1.807) is 24.3 Å². The van der Waals surface area contributed by atoms with Crippen molar-refractivity contribution >= 4 is 44.4 Å². The normalized spacial score (nSPS) is 16.7. The Labute approximate surface area is 227 Å². The first kappa shape index (κ1) is 25.1. The molecule has 1 N–H and O–H groups in total. The molecule has 38 heavy (non-hydrogen) atoms. The zero-order valence-corrected chi connectivity index (χ0v) is 22.3. The summed E-state index contributed by atoms with van der Waals surface area (Å²) < 4.78 is 40.6. The highest BCUT2D eigenvalue weighted by Gasteiger charge is 2.32. The fraction of sp³-hybridized carbons (Fsp3) is 0.333. The number of benzene rings is 2. The van der Waals surface area contributed by atoms with Gasteiger partial charge in [0.1, 0.15) is 19.0 Å². The molecule has 14 heteroatoms. The lowest BCUT2D eigenvalue weighted by Crippen LogP contribution is -2.38. The van der Waals surface area contributed by atoms with E-state index in [0.29, 0.717) is 59.1 Å². The molecule has 1 saturated heterocycles. The topological polar surface area (TPSA) is 132 Å². The average Bonchev–Trinajstić information content (AvgIpc) is 3.33. The molecule has 2 aliphatic rings. The summed E-state index contributed by atoms with van der Waals surface area (Å²) in [5.41, 5.74) is 0.812. The molecule has 4 aromatic rings. The minimum absolute atomic E-state index is 0.123. The van der Waals surface area contributed by atoms with Gasteiger partial charge in [0.05, 0.1) is 11.4 Å². The number of rotatable bonds is 5. The first-order chi connectivity index (χ1) is 18.3. The number of nitrogens with zero attached hydrogens (tertiary/aromatic N) is 5. The number of halogens is 2. The van der Waals surface area contributed by atoms with Crippen LogP contribution in [0.4, 0.5) is 0 Å². The molecule has 2 aliphatic heterocycles. The maximum atomic E-state index is 13.3. The standard InChI is InChI=1S/C24H22Cl2N6O5S/c25-16-2-1-15(18(26)11-16)13-32-23-21(29-30-32)24(33)28-22(27-23)14-5-7-31(8-6-14)38(34,35)17-3-4-19-20(12-17)37-10-9-36-19/h1-4,11-12,14H,5-10,13H2,(H,27,28,33). The van der Waals surface area contributed by atoms with Gasteiger partial charge in [0.2, 0.25) is 10.0 Å². The van der Waals surface area contributed by atoms with Crippen molar-refractivity contribution in [2.45, 2.75) is 30.2 Å². The Balaban J connectivity index is 1.21. The average molecular weight is 577 g/mol. The van der Waals surface area contributed by atoms with Crippen molar-refractivity contribution in [2.75, 3.05) is 26.3 Å². The van der Waals surface area contributed by atoms with Crippen LogP contribution in [0.1, 0.15) is 30.1 Å². The van der Waals surface area contributed by atoms with E-state index >= 15 is 0 Å². The third kappa shape index (κ3) is 4.62. The lowest BCUT2D eigenvalue weighted by atomic mass is 9.97. The molecule has 198 valence electrons. The van der Waals surface area contributed by atoms with Crippen molar-refractivity contribution in [1.82, 2.24) is 29.3 Å². The molecule has 0 amide bonds. The van der Waals surface area contributed by atoms with Crippen LogP contribution in [0.3, 0.4) is 0 Å². The van der Waals surface area contributed by atoms with Gasteiger partial charge in [-0.25, -0.2) is 18.1 Å². The second kappa shape index (κ2) is 9.84. The van der Waals surface area contributed by atoms with Crippen molar-refractivity contribution in [3.63, 3.8) is 0 Å². The van der Waals surface area contributed by atoms with Crippen LogP contribution >= 0.6 is 23.2 Å². The Hall–Kier alpha value is -3.19. The molecule has 2 aromatic heterocycles. The SMILES string of the molecule is O=c1[nH]c(C2CCN(S(=O)(=O)c3ccc4c(c3)OCCO4)CC2)nc2c1nnn2Cc1ccc(Cl)cc1Cl. The summed E-state index contributed by atoms with van der Waals surface area (Å²) in [6, 6.07) is 9.79. The van der Waals surface area contributed by atoms with E-state index in [-0.39, 0.29) is 36.0 Å². The van der Waals surface area contributed by atoms with Gasteiger partial charge < -0.3 is 14.5 Å². The minimum Gasteiger partial charge on any atom is -0.486 e. The monoisotopic (exact) mass is 576 g/mol. The van der Waals surface area contributed by atoms with Crippen molar-refractivity contribution in [3.05, 3.63) is 68.2 Å². The van der Waals surface area contributed by atoms with Gasteiger partial charge >= 0.3 is 0 Å². The Bertz CT molecular complexity index is 1700. The van der Waals surface area contributed by atoms with E-state index < -0.39 is 15.6 Å². The molecule has 4 heterocycles. The van der Waals surface area contributed by atoms with E-state index in [1.165, 1.54) is 21.1 Å². The van der Waals surface area contributed by atoms with Gasteiger partial charge in [-0.2, -0.15) is 4.31 Å². The Morgan fingerprint density at radius 3 is 2.55 bits per heavy atom. The molecule has 11 nitrogen and oxygen atoms in total. The lowest BCUT2D eigenvalue weighted by Gasteiger charge is -2.31. The molecule has 6 rings (SSSR count). The number of piperidine rings is 1. The molecule has 0 bridgehead atoms. The number of nitrogens with one attached hydrogen (secondary N) is 1. The number of sulfonamides is 1. The highest BCUT2D eigenvalue weighted by molar-refractivity contribution is 7.89. The Morgan fingerprint density at radius 1 is 1.03 bits per heavy atom. The molecule has 0 spiro atoms. The molecule has 0 radical (unpaired) electrons. The molecule has 1 fully saturated rings. The van der Waals surface area contributed by atoms with Gasteiger partial charge in [-0.1, -0.05) is 34.5 Å². The molecule has 0 saturated carbocycles. The first-order valence-corrected chi connectivity index (χ1v) is 14.2. The third-order valence-electron chi connectivity index (χ3n) is 6.72. The second-order valence-corrected chi connectivity index (χ2v) is 11.9. The highest BCUT2D eigenvalue weighted by atomic mass is 35.5. The summed E-state index contributed by atoms with van der Waals surface area (Å²) in [4.78, 5) is 20.4. The zero-order chi connectivity index (χ0) is 26.4. The molecular formula is C24H22Cl2N6O5S. The van der Waals surface area contributed by atoms with E-state index in [0.717, 1.165) is 5.56 Å². The summed E-state index contributed by atoms with van der Waals surface area (Å²) in [5, 5.41) is 9.07.